The number of rotatable bonds is 3. The molecule has 4 nitrogen and oxygen atoms in total. The average Bonchev–Trinajstić information content (AvgIpc) is 3.09. The molecule has 0 spiro atoms. The second-order valence-electron chi connectivity index (χ2n) is 10.6. The monoisotopic (exact) mass is 451 g/mol. The molecule has 1 fully saturated rings. The molecule has 0 N–H and O–H groups in total. The Hall–Kier alpha value is -3.40. The predicted octanol–water partition coefficient (Wildman–Crippen LogP) is 5.78. The van der Waals surface area contributed by atoms with Crippen LogP contribution in [0.1, 0.15) is 67.3 Å². The number of nitrogens with zero attached hydrogens (tertiary/aromatic N) is 1. The second-order valence-corrected chi connectivity index (χ2v) is 10.6. The van der Waals surface area contributed by atoms with Crippen LogP contribution >= 0.6 is 0 Å². The lowest BCUT2D eigenvalue weighted by Gasteiger charge is -2.46. The third kappa shape index (κ3) is 2.78. The van der Waals surface area contributed by atoms with Crippen LogP contribution in [-0.4, -0.2) is 18.4 Å². The summed E-state index contributed by atoms with van der Waals surface area (Å²) in [5, 5.41) is 0. The van der Waals surface area contributed by atoms with Crippen LogP contribution in [0.2, 0.25) is 0 Å². The molecule has 4 heteroatoms. The highest BCUT2D eigenvalue weighted by molar-refractivity contribution is 6.24. The minimum atomic E-state index is -0.398. The molecule has 1 heterocycles. The zero-order chi connectivity index (χ0) is 23.8. The molecule has 4 atom stereocenters. The first-order valence-corrected chi connectivity index (χ1v) is 12.2. The number of ether oxygens (including phenoxy) is 1. The van der Waals surface area contributed by atoms with Gasteiger partial charge in [-0.3, -0.25) is 9.59 Å². The van der Waals surface area contributed by atoms with E-state index in [1.807, 2.05) is 43.3 Å². The fourth-order valence-electron chi connectivity index (χ4n) is 6.35. The summed E-state index contributed by atoms with van der Waals surface area (Å²) in [5.74, 6) is -0.682. The largest absolute Gasteiger partial charge is 0.492 e. The van der Waals surface area contributed by atoms with Crippen molar-refractivity contribution in [2.45, 2.75) is 44.9 Å². The van der Waals surface area contributed by atoms with Crippen molar-refractivity contribution in [3.05, 3.63) is 94.5 Å². The number of hydrogen-bond acceptors (Lipinski definition) is 3. The fourth-order valence-corrected chi connectivity index (χ4v) is 6.35. The van der Waals surface area contributed by atoms with Crippen molar-refractivity contribution < 1.29 is 14.3 Å². The lowest BCUT2D eigenvalue weighted by atomic mass is 9.54. The molecule has 4 aliphatic rings. The number of benzene rings is 3. The van der Waals surface area contributed by atoms with E-state index in [0.29, 0.717) is 18.0 Å². The van der Waals surface area contributed by atoms with Gasteiger partial charge in [0.2, 0.25) is 11.8 Å². The van der Waals surface area contributed by atoms with Crippen LogP contribution < -0.4 is 9.64 Å². The lowest BCUT2D eigenvalue weighted by molar-refractivity contribution is -0.122. The summed E-state index contributed by atoms with van der Waals surface area (Å²) < 4.78 is 5.80. The molecular formula is C30H29NO3. The Bertz CT molecular complexity index is 1330. The van der Waals surface area contributed by atoms with Crippen LogP contribution in [0.15, 0.2) is 66.7 Å². The second kappa shape index (κ2) is 7.30. The molecule has 0 radical (unpaired) electrons. The summed E-state index contributed by atoms with van der Waals surface area (Å²) in [6.07, 6.45) is 0. The van der Waals surface area contributed by atoms with E-state index in [9.17, 15) is 9.59 Å². The molecule has 34 heavy (non-hydrogen) atoms. The number of imide groups is 1. The first-order chi connectivity index (χ1) is 16.3. The van der Waals surface area contributed by atoms with Gasteiger partial charge in [0, 0.05) is 11.8 Å². The number of hydrogen-bond donors (Lipinski definition) is 0. The van der Waals surface area contributed by atoms with Gasteiger partial charge in [-0.2, -0.15) is 0 Å². The highest BCUT2D eigenvalue weighted by Crippen LogP contribution is 2.62. The van der Waals surface area contributed by atoms with E-state index < -0.39 is 11.8 Å². The average molecular weight is 452 g/mol. The van der Waals surface area contributed by atoms with E-state index in [0.717, 1.165) is 0 Å². The molecule has 0 unspecified atom stereocenters. The number of para-hydroxylation sites is 2. The van der Waals surface area contributed by atoms with E-state index in [1.165, 1.54) is 32.7 Å². The Morgan fingerprint density at radius 1 is 0.765 bits per heavy atom. The first kappa shape index (κ1) is 21.2. The number of amides is 2. The summed E-state index contributed by atoms with van der Waals surface area (Å²) in [6, 6.07) is 22.4. The summed E-state index contributed by atoms with van der Waals surface area (Å²) >= 11 is 0. The van der Waals surface area contributed by atoms with E-state index in [4.69, 9.17) is 4.74 Å². The molecule has 2 amide bonds. The molecule has 3 aliphatic carbocycles. The van der Waals surface area contributed by atoms with Gasteiger partial charge < -0.3 is 4.74 Å². The maximum atomic E-state index is 14.0. The molecule has 0 saturated carbocycles. The quantitative estimate of drug-likeness (QED) is 0.474. The van der Waals surface area contributed by atoms with Crippen LogP contribution in [0.4, 0.5) is 5.69 Å². The van der Waals surface area contributed by atoms with Crippen molar-refractivity contribution in [3.63, 3.8) is 0 Å². The number of carbonyl (C=O) groups excluding carboxylic acids is 2. The van der Waals surface area contributed by atoms with E-state index >= 15 is 0 Å². The maximum Gasteiger partial charge on any atom is 0.238 e. The molecule has 0 aromatic heterocycles. The minimum absolute atomic E-state index is 0.00259. The zero-order valence-electron chi connectivity index (χ0n) is 20.0. The molecule has 2 bridgehead atoms. The van der Waals surface area contributed by atoms with Crippen LogP contribution in [-0.2, 0) is 15.0 Å². The van der Waals surface area contributed by atoms with Gasteiger partial charge in [-0.15, -0.1) is 0 Å². The molecule has 1 saturated heterocycles. The number of carbonyl (C=O) groups is 2. The highest BCUT2D eigenvalue weighted by atomic mass is 16.5. The Balaban J connectivity index is 1.55. The van der Waals surface area contributed by atoms with Crippen molar-refractivity contribution in [2.24, 2.45) is 11.8 Å². The summed E-state index contributed by atoms with van der Waals surface area (Å²) in [5.41, 5.74) is 6.58. The van der Waals surface area contributed by atoms with Gasteiger partial charge in [-0.05, 0) is 52.3 Å². The van der Waals surface area contributed by atoms with Crippen molar-refractivity contribution >= 4 is 17.5 Å². The molecule has 3 aromatic rings. The predicted molar refractivity (Wildman–Crippen MR) is 132 cm³/mol. The third-order valence-electron chi connectivity index (χ3n) is 7.81. The van der Waals surface area contributed by atoms with E-state index in [-0.39, 0.29) is 29.1 Å². The lowest BCUT2D eigenvalue weighted by Crippen LogP contribution is -2.41. The first-order valence-electron chi connectivity index (χ1n) is 12.2. The third-order valence-corrected chi connectivity index (χ3v) is 7.81. The summed E-state index contributed by atoms with van der Waals surface area (Å²) in [4.78, 5) is 29.4. The van der Waals surface area contributed by atoms with Crippen molar-refractivity contribution in [3.8, 4) is 5.75 Å². The van der Waals surface area contributed by atoms with Gasteiger partial charge in [0.25, 0.3) is 0 Å². The molecule has 1 aliphatic heterocycles. The molecular weight excluding hydrogens is 422 g/mol. The maximum absolute atomic E-state index is 14.0. The summed E-state index contributed by atoms with van der Waals surface area (Å²) in [6.45, 7) is 9.01. The van der Waals surface area contributed by atoms with Gasteiger partial charge in [0.05, 0.1) is 24.1 Å². The standard InChI is InChI=1S/C30H29NO3/c1-5-34-23-13-9-8-12-22(23)31-28(32)26-24-18-10-6-7-11-19(18)25(27(26)29(31)33)21-16-17(30(2,3)4)14-15-20(21)24/h6-16,24-27H,5H2,1-4H3/t24-,25-,26-,27-/m1/s1. The highest BCUT2D eigenvalue weighted by Gasteiger charge is 2.62. The van der Waals surface area contributed by atoms with Gasteiger partial charge in [-0.1, -0.05) is 75.4 Å². The van der Waals surface area contributed by atoms with Gasteiger partial charge in [0.15, 0.2) is 0 Å². The smallest absolute Gasteiger partial charge is 0.238 e. The Morgan fingerprint density at radius 3 is 1.94 bits per heavy atom. The van der Waals surface area contributed by atoms with Gasteiger partial charge >= 0.3 is 0 Å². The van der Waals surface area contributed by atoms with Crippen LogP contribution in [0.3, 0.4) is 0 Å². The normalized spacial score (nSPS) is 24.6. The van der Waals surface area contributed by atoms with Gasteiger partial charge in [-0.25, -0.2) is 4.90 Å². The van der Waals surface area contributed by atoms with E-state index in [2.05, 4.69) is 51.1 Å². The number of anilines is 1. The van der Waals surface area contributed by atoms with Crippen LogP contribution in [0.25, 0.3) is 0 Å². The minimum Gasteiger partial charge on any atom is -0.492 e. The topological polar surface area (TPSA) is 46.6 Å². The molecule has 3 aromatic carbocycles. The van der Waals surface area contributed by atoms with Crippen LogP contribution in [0, 0.1) is 11.8 Å². The van der Waals surface area contributed by atoms with Gasteiger partial charge in [0.1, 0.15) is 5.75 Å². The summed E-state index contributed by atoms with van der Waals surface area (Å²) in [7, 11) is 0. The van der Waals surface area contributed by atoms with E-state index in [1.54, 1.807) is 0 Å². The van der Waals surface area contributed by atoms with Crippen LogP contribution in [0.5, 0.6) is 5.75 Å². The van der Waals surface area contributed by atoms with Crippen molar-refractivity contribution in [1.29, 1.82) is 0 Å². The Morgan fingerprint density at radius 2 is 1.32 bits per heavy atom. The van der Waals surface area contributed by atoms with Crippen molar-refractivity contribution in [1.82, 2.24) is 0 Å². The Kier molecular flexibility index (Phi) is 4.54. The Labute approximate surface area is 200 Å². The zero-order valence-corrected chi connectivity index (χ0v) is 20.0. The molecule has 7 rings (SSSR count). The van der Waals surface area contributed by atoms with Crippen molar-refractivity contribution in [2.75, 3.05) is 11.5 Å². The fraction of sp³-hybridized carbons (Fsp3) is 0.333. The molecule has 172 valence electrons. The SMILES string of the molecule is CCOc1ccccc1N1C(=O)[C@@H]2[C@@H]3c4ccccc4[C@H](c4cc(C(C)(C)C)ccc43)[C@H]2C1=O.